The van der Waals surface area contributed by atoms with Gasteiger partial charge >= 0.3 is 6.03 Å². The van der Waals surface area contributed by atoms with Crippen molar-refractivity contribution in [1.29, 1.82) is 0 Å². The minimum atomic E-state index is -0.841. The van der Waals surface area contributed by atoms with Gasteiger partial charge in [0.15, 0.2) is 0 Å². The average molecular weight is 442 g/mol. The van der Waals surface area contributed by atoms with Crippen LogP contribution in [0.3, 0.4) is 0 Å². The van der Waals surface area contributed by atoms with Crippen molar-refractivity contribution < 1.29 is 14.4 Å². The maximum atomic E-state index is 13.2. The van der Waals surface area contributed by atoms with Crippen LogP contribution in [0.5, 0.6) is 0 Å². The number of imide groups is 1. The van der Waals surface area contributed by atoms with Gasteiger partial charge in [-0.25, -0.2) is 4.79 Å². The fourth-order valence-corrected chi connectivity index (χ4v) is 5.09. The fraction of sp³-hybridized carbons (Fsp3) is 0.654. The number of carbonyl (C=O) groups excluding carboxylic acids is 3. The molecule has 176 valence electrons. The molecule has 1 aromatic carbocycles. The van der Waals surface area contributed by atoms with Crippen LogP contribution in [0.2, 0.25) is 0 Å². The molecular formula is C26H39N3O3. The summed E-state index contributed by atoms with van der Waals surface area (Å²) in [5.74, 6) is 0.139. The Morgan fingerprint density at radius 1 is 1.16 bits per heavy atom. The molecule has 0 aromatic heterocycles. The van der Waals surface area contributed by atoms with Crippen LogP contribution in [-0.2, 0) is 16.0 Å². The Morgan fingerprint density at radius 3 is 2.25 bits per heavy atom. The van der Waals surface area contributed by atoms with Gasteiger partial charge in [0.25, 0.3) is 5.91 Å². The Morgan fingerprint density at radius 2 is 1.75 bits per heavy atom. The molecule has 0 radical (unpaired) electrons. The number of rotatable bonds is 6. The van der Waals surface area contributed by atoms with Crippen LogP contribution in [0.1, 0.15) is 84.4 Å². The highest BCUT2D eigenvalue weighted by molar-refractivity contribution is 6.09. The summed E-state index contributed by atoms with van der Waals surface area (Å²) in [5.41, 5.74) is 1.62. The fourth-order valence-electron chi connectivity index (χ4n) is 5.09. The molecule has 3 rings (SSSR count). The molecule has 2 aliphatic rings. The molecule has 4 amide bonds. The minimum Gasteiger partial charge on any atom is -0.347 e. The molecule has 1 aliphatic heterocycles. The summed E-state index contributed by atoms with van der Waals surface area (Å²) in [7, 11) is 0. The molecule has 1 atom stereocenters. The molecule has 6 heteroatoms. The smallest absolute Gasteiger partial charge is 0.325 e. The summed E-state index contributed by atoms with van der Waals surface area (Å²) in [5, 5.41) is 5.97. The third-order valence-electron chi connectivity index (χ3n) is 7.34. The van der Waals surface area contributed by atoms with Crippen LogP contribution in [0.15, 0.2) is 24.3 Å². The topological polar surface area (TPSA) is 78.5 Å². The van der Waals surface area contributed by atoms with E-state index in [0.717, 1.165) is 29.7 Å². The van der Waals surface area contributed by atoms with Crippen molar-refractivity contribution in [3.63, 3.8) is 0 Å². The van der Waals surface area contributed by atoms with Gasteiger partial charge in [-0.2, -0.15) is 0 Å². The number of nitrogens with one attached hydrogen (secondary N) is 2. The van der Waals surface area contributed by atoms with E-state index in [9.17, 15) is 14.4 Å². The van der Waals surface area contributed by atoms with Crippen LogP contribution >= 0.6 is 0 Å². The highest BCUT2D eigenvalue weighted by atomic mass is 16.2. The second-order valence-corrected chi connectivity index (χ2v) is 10.9. The summed E-state index contributed by atoms with van der Waals surface area (Å²) in [4.78, 5) is 39.8. The van der Waals surface area contributed by atoms with Crippen LogP contribution in [-0.4, -0.2) is 34.8 Å². The van der Waals surface area contributed by atoms with E-state index in [1.54, 1.807) is 0 Å². The van der Waals surface area contributed by atoms with Crippen molar-refractivity contribution in [1.82, 2.24) is 15.5 Å². The normalized spacial score (nSPS) is 24.7. The lowest BCUT2D eigenvalue weighted by Crippen LogP contribution is -2.51. The number of urea groups is 1. The lowest BCUT2D eigenvalue weighted by molar-refractivity contribution is -0.136. The molecule has 0 bridgehead atoms. The van der Waals surface area contributed by atoms with Crippen molar-refractivity contribution in [3.8, 4) is 0 Å². The van der Waals surface area contributed by atoms with Crippen LogP contribution in [0.4, 0.5) is 4.79 Å². The van der Waals surface area contributed by atoms with Gasteiger partial charge in [0.2, 0.25) is 5.91 Å². The van der Waals surface area contributed by atoms with Crippen molar-refractivity contribution in [2.24, 2.45) is 17.3 Å². The Kier molecular flexibility index (Phi) is 7.01. The summed E-state index contributed by atoms with van der Waals surface area (Å²) in [6, 6.07) is 7.61. The number of aryl methyl sites for hydroxylation is 1. The molecule has 1 heterocycles. The zero-order chi connectivity index (χ0) is 23.7. The molecule has 1 aromatic rings. The Bertz CT molecular complexity index is 846. The van der Waals surface area contributed by atoms with Crippen LogP contribution < -0.4 is 10.6 Å². The number of carbonyl (C=O) groups is 3. The summed E-state index contributed by atoms with van der Waals surface area (Å²) >= 11 is 0. The first-order valence-electron chi connectivity index (χ1n) is 12.0. The molecule has 1 unspecified atom stereocenters. The van der Waals surface area contributed by atoms with Gasteiger partial charge < -0.3 is 10.6 Å². The predicted molar refractivity (Wildman–Crippen MR) is 126 cm³/mol. The highest BCUT2D eigenvalue weighted by Crippen LogP contribution is 2.43. The summed E-state index contributed by atoms with van der Waals surface area (Å²) < 4.78 is 0. The van der Waals surface area contributed by atoms with E-state index >= 15 is 0 Å². The number of hydrogen-bond acceptors (Lipinski definition) is 3. The summed E-state index contributed by atoms with van der Waals surface area (Å²) in [6.07, 6.45) is 4.03. The van der Waals surface area contributed by atoms with Gasteiger partial charge in [-0.3, -0.25) is 14.5 Å². The third-order valence-corrected chi connectivity index (χ3v) is 7.34. The molecule has 6 nitrogen and oxygen atoms in total. The Labute approximate surface area is 192 Å². The highest BCUT2D eigenvalue weighted by Gasteiger charge is 2.53. The minimum absolute atomic E-state index is 0.175. The average Bonchev–Trinajstić information content (AvgIpc) is 2.95. The molecule has 2 N–H and O–H groups in total. The quantitative estimate of drug-likeness (QED) is 0.634. The van der Waals surface area contributed by atoms with Gasteiger partial charge in [0.1, 0.15) is 12.1 Å². The number of hydrogen-bond donors (Lipinski definition) is 2. The van der Waals surface area contributed by atoms with Crippen molar-refractivity contribution in [2.75, 3.05) is 6.54 Å². The van der Waals surface area contributed by atoms with Crippen molar-refractivity contribution in [2.45, 2.75) is 85.2 Å². The van der Waals surface area contributed by atoms with Crippen LogP contribution in [0.25, 0.3) is 0 Å². The van der Waals surface area contributed by atoms with Crippen LogP contribution in [0, 0.1) is 17.3 Å². The van der Waals surface area contributed by atoms with Gasteiger partial charge in [-0.15, -0.1) is 0 Å². The standard InChI is InChI=1S/C26H39N3O3/c1-7-18-8-10-19(11-9-18)22(17(2)3)27-21(30)16-29-23(31)26(28-24(29)32)14-12-20(13-15-26)25(4,5)6/h8-11,17,20,22H,7,12-16H2,1-6H3,(H,27,30)(H,28,32). The second-order valence-electron chi connectivity index (χ2n) is 10.9. The van der Waals surface area contributed by atoms with E-state index in [1.165, 1.54) is 5.56 Å². The monoisotopic (exact) mass is 441 g/mol. The lowest BCUT2D eigenvalue weighted by atomic mass is 9.67. The van der Waals surface area contributed by atoms with E-state index in [0.29, 0.717) is 18.8 Å². The van der Waals surface area contributed by atoms with Gasteiger partial charge in [-0.1, -0.05) is 65.8 Å². The molecule has 1 spiro atoms. The first-order chi connectivity index (χ1) is 15.0. The first kappa shape index (κ1) is 24.3. The SMILES string of the molecule is CCc1ccc(C(NC(=O)CN2C(=O)NC3(CCC(C(C)(C)C)CC3)C2=O)C(C)C)cc1. The first-order valence-corrected chi connectivity index (χ1v) is 12.0. The molecular weight excluding hydrogens is 402 g/mol. The van der Waals surface area contributed by atoms with Gasteiger partial charge in [0, 0.05) is 0 Å². The second kappa shape index (κ2) is 9.24. The number of nitrogens with zero attached hydrogens (tertiary/aromatic N) is 1. The van der Waals surface area contributed by atoms with E-state index in [4.69, 9.17) is 0 Å². The maximum absolute atomic E-state index is 13.2. The van der Waals surface area contributed by atoms with Crippen molar-refractivity contribution in [3.05, 3.63) is 35.4 Å². The Balaban J connectivity index is 1.65. The molecule has 1 aliphatic carbocycles. The zero-order valence-corrected chi connectivity index (χ0v) is 20.5. The predicted octanol–water partition coefficient (Wildman–Crippen LogP) is 4.59. The van der Waals surface area contributed by atoms with E-state index in [2.05, 4.69) is 64.3 Å². The molecule has 1 saturated carbocycles. The third kappa shape index (κ3) is 5.00. The van der Waals surface area contributed by atoms with Gasteiger partial charge in [0.05, 0.1) is 6.04 Å². The van der Waals surface area contributed by atoms with E-state index in [-0.39, 0.29) is 35.7 Å². The Hall–Kier alpha value is -2.37. The maximum Gasteiger partial charge on any atom is 0.325 e. The van der Waals surface area contributed by atoms with Gasteiger partial charge in [-0.05, 0) is 60.5 Å². The lowest BCUT2D eigenvalue weighted by Gasteiger charge is -2.40. The molecule has 32 heavy (non-hydrogen) atoms. The number of amides is 4. The zero-order valence-electron chi connectivity index (χ0n) is 20.5. The van der Waals surface area contributed by atoms with E-state index < -0.39 is 11.6 Å². The number of benzene rings is 1. The summed E-state index contributed by atoms with van der Waals surface area (Å²) in [6.45, 7) is 12.6. The van der Waals surface area contributed by atoms with E-state index in [1.807, 2.05) is 12.1 Å². The molecule has 2 fully saturated rings. The molecule has 1 saturated heterocycles. The van der Waals surface area contributed by atoms with Crippen molar-refractivity contribution >= 4 is 17.8 Å². The largest absolute Gasteiger partial charge is 0.347 e.